The van der Waals surface area contributed by atoms with Crippen molar-refractivity contribution in [1.82, 2.24) is 0 Å². The van der Waals surface area contributed by atoms with E-state index < -0.39 is 56.3 Å². The minimum Gasteiger partial charge on any atom is -0.394 e. The van der Waals surface area contributed by atoms with Crippen LogP contribution in [-0.2, 0) is 24.4 Å². The second-order valence-electron chi connectivity index (χ2n) is 3.76. The van der Waals surface area contributed by atoms with E-state index in [1.165, 1.54) is 0 Å². The molecule has 5 N–H and O–H groups in total. The number of hydrogen-bond acceptors (Lipinski definition) is 9. The van der Waals surface area contributed by atoms with Crippen LogP contribution in [0.2, 0.25) is 0 Å². The minimum absolute atomic E-state index is 0.797. The molecule has 3 atom stereocenters. The van der Waals surface area contributed by atoms with Gasteiger partial charge in [-0.3, -0.25) is 8.74 Å². The van der Waals surface area contributed by atoms with Gasteiger partial charge in [-0.1, -0.05) is 6.08 Å². The molecule has 0 saturated carbocycles. The van der Waals surface area contributed by atoms with Crippen LogP contribution >= 0.6 is 0 Å². The highest BCUT2D eigenvalue weighted by atomic mass is 32.2. The Balaban J connectivity index is 5.75. The zero-order chi connectivity index (χ0) is 16.2. The quantitative estimate of drug-likeness (QED) is 0.164. The predicted octanol–water partition coefficient (Wildman–Crippen LogP) is -3.19. The van der Waals surface area contributed by atoms with E-state index in [4.69, 9.17) is 14.8 Å². The molecule has 0 aromatic rings. The zero-order valence-electron chi connectivity index (χ0n) is 10.2. The van der Waals surface area contributed by atoms with Crippen LogP contribution in [0.25, 0.3) is 0 Å². The molecule has 0 fully saturated rings. The average molecular weight is 336 g/mol. The largest absolute Gasteiger partial charge is 0.394 e. The summed E-state index contributed by atoms with van der Waals surface area (Å²) in [4.78, 5) is -3.54. The Morgan fingerprint density at radius 2 is 1.75 bits per heavy atom. The summed E-state index contributed by atoms with van der Waals surface area (Å²) in [6.07, 6.45) is -3.88. The van der Waals surface area contributed by atoms with Gasteiger partial charge in [0.15, 0.2) is 6.10 Å². The van der Waals surface area contributed by atoms with Crippen LogP contribution in [0, 0.1) is 0 Å². The van der Waals surface area contributed by atoms with Crippen LogP contribution in [0.5, 0.6) is 0 Å². The Hall–Kier alpha value is -0.600. The summed E-state index contributed by atoms with van der Waals surface area (Å²) < 4.78 is 58.0. The Kier molecular flexibility index (Phi) is 6.70. The van der Waals surface area contributed by atoms with E-state index in [0.717, 1.165) is 6.08 Å². The lowest BCUT2D eigenvalue weighted by atomic mass is 10.1. The van der Waals surface area contributed by atoms with E-state index in [2.05, 4.69) is 10.8 Å². The van der Waals surface area contributed by atoms with E-state index in [0.29, 0.717) is 0 Å². The molecule has 0 aromatic carbocycles. The van der Waals surface area contributed by atoms with Gasteiger partial charge in [0.1, 0.15) is 6.10 Å². The summed E-state index contributed by atoms with van der Waals surface area (Å²) in [6, 6.07) is 0. The van der Waals surface area contributed by atoms with Crippen molar-refractivity contribution in [2.45, 2.75) is 17.1 Å². The molecule has 10 nitrogen and oxygen atoms in total. The summed E-state index contributed by atoms with van der Waals surface area (Å²) in [7, 11) is -9.91. The van der Waals surface area contributed by atoms with Crippen LogP contribution in [0.4, 0.5) is 0 Å². The van der Waals surface area contributed by atoms with Crippen molar-refractivity contribution in [3.05, 3.63) is 12.7 Å². The van der Waals surface area contributed by atoms with Crippen molar-refractivity contribution in [2.24, 2.45) is 0 Å². The first-order valence-corrected chi connectivity index (χ1v) is 8.08. The normalized spacial score (nSPS) is 19.1. The fourth-order valence-electron chi connectivity index (χ4n) is 1.20. The lowest BCUT2D eigenvalue weighted by Crippen LogP contribution is -2.59. The first-order valence-electron chi connectivity index (χ1n) is 5.06. The Morgan fingerprint density at radius 1 is 1.25 bits per heavy atom. The monoisotopic (exact) mass is 336 g/mol. The van der Waals surface area contributed by atoms with E-state index in [-0.39, 0.29) is 0 Å². The maximum Gasteiger partial charge on any atom is 0.300 e. The smallest absolute Gasteiger partial charge is 0.300 e. The lowest BCUT2D eigenvalue weighted by Gasteiger charge is -2.33. The van der Waals surface area contributed by atoms with Gasteiger partial charge in [-0.05, 0) is 0 Å². The van der Waals surface area contributed by atoms with Crippen molar-refractivity contribution in [2.75, 3.05) is 19.0 Å². The predicted molar refractivity (Wildman–Crippen MR) is 65.5 cm³/mol. The van der Waals surface area contributed by atoms with Crippen LogP contribution in [0.1, 0.15) is 0 Å². The van der Waals surface area contributed by atoms with Gasteiger partial charge < -0.3 is 20.4 Å². The number of aliphatic hydroxyl groups excluding tert-OH is 3. The fraction of sp³-hybridized carbons (Fsp3) is 0.750. The first-order chi connectivity index (χ1) is 8.95. The van der Waals surface area contributed by atoms with Gasteiger partial charge in [-0.25, -0.2) is 0 Å². The molecule has 0 aliphatic heterocycles. The molecule has 0 saturated heterocycles. The molecule has 0 aliphatic carbocycles. The van der Waals surface area contributed by atoms with Crippen molar-refractivity contribution in [3.63, 3.8) is 0 Å². The van der Waals surface area contributed by atoms with Gasteiger partial charge in [-0.15, -0.1) is 6.58 Å². The van der Waals surface area contributed by atoms with E-state index in [1.807, 2.05) is 0 Å². The van der Waals surface area contributed by atoms with Crippen LogP contribution in [0.15, 0.2) is 12.7 Å². The van der Waals surface area contributed by atoms with Gasteiger partial charge in [0.2, 0.25) is 4.93 Å². The lowest BCUT2D eigenvalue weighted by molar-refractivity contribution is -0.0997. The molecule has 0 spiro atoms. The van der Waals surface area contributed by atoms with Crippen molar-refractivity contribution in [3.8, 4) is 0 Å². The van der Waals surface area contributed by atoms with Crippen LogP contribution in [0.3, 0.4) is 0 Å². The van der Waals surface area contributed by atoms with E-state index in [9.17, 15) is 27.0 Å². The third kappa shape index (κ3) is 4.46. The number of hydrogen-bond donors (Lipinski definition) is 5. The van der Waals surface area contributed by atoms with E-state index >= 15 is 0 Å². The van der Waals surface area contributed by atoms with Gasteiger partial charge in [0.05, 0.1) is 19.0 Å². The molecule has 0 bridgehead atoms. The molecule has 0 heterocycles. The molecule has 12 heteroatoms. The Bertz CT molecular complexity index is 523. The maximum atomic E-state index is 11.4. The fourth-order valence-corrected chi connectivity index (χ4v) is 2.89. The maximum absolute atomic E-state index is 11.4. The summed E-state index contributed by atoms with van der Waals surface area (Å²) in [5.41, 5.74) is 0. The molecular weight excluding hydrogens is 320 g/mol. The molecule has 0 aliphatic rings. The van der Waals surface area contributed by atoms with Crippen molar-refractivity contribution < 1.29 is 46.0 Å². The van der Waals surface area contributed by atoms with Crippen molar-refractivity contribution in [1.29, 1.82) is 0 Å². The molecule has 120 valence electrons. The van der Waals surface area contributed by atoms with Gasteiger partial charge in [0, 0.05) is 0 Å². The van der Waals surface area contributed by atoms with Gasteiger partial charge in [-0.2, -0.15) is 16.8 Å². The molecule has 0 rings (SSSR count). The third-order valence-electron chi connectivity index (χ3n) is 2.23. The standard InChI is InChI=1S/C8H16O10S2/c1-2-3-19(13,14)18-7(6(11)4-9)8(12,5-10)20(15,16)17/h2,6-7,9-12H,1,3-5H2,(H,15,16,17). The van der Waals surface area contributed by atoms with Crippen LogP contribution in [-0.4, -0.2) is 77.9 Å². The molecule has 3 unspecified atom stereocenters. The third-order valence-corrected chi connectivity index (χ3v) is 4.63. The zero-order valence-corrected chi connectivity index (χ0v) is 11.8. The Labute approximate surface area is 115 Å². The molecule has 0 radical (unpaired) electrons. The highest BCUT2D eigenvalue weighted by molar-refractivity contribution is 7.87. The summed E-state index contributed by atoms with van der Waals surface area (Å²) in [5, 5.41) is 36.7. The Morgan fingerprint density at radius 3 is 2.05 bits per heavy atom. The van der Waals surface area contributed by atoms with E-state index in [1.54, 1.807) is 0 Å². The minimum atomic E-state index is -5.44. The highest BCUT2D eigenvalue weighted by Gasteiger charge is 2.53. The number of aliphatic hydroxyl groups is 4. The van der Waals surface area contributed by atoms with Crippen molar-refractivity contribution >= 4 is 20.2 Å². The summed E-state index contributed by atoms with van der Waals surface area (Å²) >= 11 is 0. The second kappa shape index (κ2) is 6.91. The molecule has 20 heavy (non-hydrogen) atoms. The first kappa shape index (κ1) is 19.4. The molecule has 0 aromatic heterocycles. The highest BCUT2D eigenvalue weighted by Crippen LogP contribution is 2.25. The van der Waals surface area contributed by atoms with Crippen LogP contribution < -0.4 is 0 Å². The van der Waals surface area contributed by atoms with Gasteiger partial charge in [0.25, 0.3) is 20.2 Å². The molecule has 0 amide bonds. The average Bonchev–Trinajstić information content (AvgIpc) is 2.32. The second-order valence-corrected chi connectivity index (χ2v) is 7.06. The topological polar surface area (TPSA) is 179 Å². The summed E-state index contributed by atoms with van der Waals surface area (Å²) in [5.74, 6) is -0.797. The van der Waals surface area contributed by atoms with Gasteiger partial charge >= 0.3 is 0 Å². The molecular formula is C8H16O10S2. The SMILES string of the molecule is C=CCS(=O)(=O)OC(C(O)CO)C(O)(CO)S(=O)(=O)O. The summed E-state index contributed by atoms with van der Waals surface area (Å²) in [6.45, 7) is 0.213. The number of rotatable bonds is 9.